The molecule has 0 amide bonds. The van der Waals surface area contributed by atoms with E-state index in [0.717, 1.165) is 31.6 Å². The number of halogens is 1. The molecule has 7 nitrogen and oxygen atoms in total. The number of esters is 2. The van der Waals surface area contributed by atoms with Crippen LogP contribution >= 0.6 is 11.6 Å². The molecule has 0 aliphatic carbocycles. The van der Waals surface area contributed by atoms with E-state index in [0.29, 0.717) is 16.6 Å². The molecule has 0 N–H and O–H groups in total. The van der Waals surface area contributed by atoms with Gasteiger partial charge in [0.05, 0.1) is 42.8 Å². The van der Waals surface area contributed by atoms with Gasteiger partial charge < -0.3 is 24.0 Å². The average molecular weight is 409 g/mol. The largest absolute Gasteiger partial charge is 0.466 e. The van der Waals surface area contributed by atoms with Gasteiger partial charge in [0.2, 0.25) is 0 Å². The second-order valence-electron chi connectivity index (χ2n) is 6.99. The van der Waals surface area contributed by atoms with Gasteiger partial charge in [-0.2, -0.15) is 0 Å². The molecule has 0 bridgehead atoms. The predicted molar refractivity (Wildman–Crippen MR) is 106 cm³/mol. The maximum atomic E-state index is 12.6. The maximum absolute atomic E-state index is 12.6. The lowest BCUT2D eigenvalue weighted by molar-refractivity contribution is -0.140. The quantitative estimate of drug-likeness (QED) is 0.709. The van der Waals surface area contributed by atoms with Crippen LogP contribution in [0.5, 0.6) is 0 Å². The third-order valence-corrected chi connectivity index (χ3v) is 5.49. The molecule has 152 valence electrons. The van der Waals surface area contributed by atoms with Gasteiger partial charge in [0, 0.05) is 13.1 Å². The van der Waals surface area contributed by atoms with Gasteiger partial charge in [-0.05, 0) is 30.9 Å². The Kier molecular flexibility index (Phi) is 6.46. The van der Waals surface area contributed by atoms with Crippen LogP contribution < -0.4 is 9.80 Å². The Hall–Kier alpha value is -2.25. The molecule has 1 fully saturated rings. The molecular weight excluding hydrogens is 384 g/mol. The number of carbonyl (C=O) groups is 2. The van der Waals surface area contributed by atoms with Crippen LogP contribution in [0, 0.1) is 5.92 Å². The standard InChI is InChI=1S/C20H25ClN2O5/c1-13-7-9-22(10-8-13)18-15(21)5-4-6-16(18)23-12-28-11-14(19(24)26-2)17(23)20(25)27-3/h4-6,13H,7-12H2,1-3H3. The number of benzene rings is 1. The fourth-order valence-electron chi connectivity index (χ4n) is 3.60. The van der Waals surface area contributed by atoms with Crippen molar-refractivity contribution in [2.24, 2.45) is 5.92 Å². The van der Waals surface area contributed by atoms with Gasteiger partial charge >= 0.3 is 11.9 Å². The molecule has 1 saturated heterocycles. The number of para-hydroxylation sites is 1. The molecule has 3 rings (SSSR count). The summed E-state index contributed by atoms with van der Waals surface area (Å²) in [4.78, 5) is 28.7. The van der Waals surface area contributed by atoms with Gasteiger partial charge in [0.25, 0.3) is 0 Å². The Morgan fingerprint density at radius 3 is 2.46 bits per heavy atom. The molecule has 2 aliphatic rings. The van der Waals surface area contributed by atoms with Crippen LogP contribution in [0.15, 0.2) is 29.5 Å². The molecule has 0 radical (unpaired) electrons. The first-order chi connectivity index (χ1) is 13.5. The maximum Gasteiger partial charge on any atom is 0.355 e. The van der Waals surface area contributed by atoms with Crippen LogP contribution in [0.25, 0.3) is 0 Å². The summed E-state index contributed by atoms with van der Waals surface area (Å²) in [5, 5.41) is 0.585. The van der Waals surface area contributed by atoms with Crippen LogP contribution in [0.1, 0.15) is 19.8 Å². The summed E-state index contributed by atoms with van der Waals surface area (Å²) in [5.74, 6) is -0.584. The van der Waals surface area contributed by atoms with Gasteiger partial charge in [-0.3, -0.25) is 0 Å². The Morgan fingerprint density at radius 2 is 1.82 bits per heavy atom. The fourth-order valence-corrected chi connectivity index (χ4v) is 3.89. The smallest absolute Gasteiger partial charge is 0.355 e. The molecule has 2 heterocycles. The molecule has 0 atom stereocenters. The van der Waals surface area contributed by atoms with Crippen LogP contribution in [-0.2, 0) is 23.8 Å². The number of anilines is 2. The number of ether oxygens (including phenoxy) is 3. The Balaban J connectivity index is 2.10. The lowest BCUT2D eigenvalue weighted by Gasteiger charge is -2.38. The second-order valence-corrected chi connectivity index (χ2v) is 7.40. The van der Waals surface area contributed by atoms with Crippen molar-refractivity contribution in [3.8, 4) is 0 Å². The first-order valence-corrected chi connectivity index (χ1v) is 9.64. The van der Waals surface area contributed by atoms with Crippen LogP contribution in [-0.4, -0.2) is 52.6 Å². The third kappa shape index (κ3) is 3.95. The molecule has 28 heavy (non-hydrogen) atoms. The Labute approximate surface area is 169 Å². The van der Waals surface area contributed by atoms with E-state index in [9.17, 15) is 9.59 Å². The van der Waals surface area contributed by atoms with Gasteiger partial charge in [0.15, 0.2) is 0 Å². The number of rotatable bonds is 4. The summed E-state index contributed by atoms with van der Waals surface area (Å²) in [5.41, 5.74) is 1.77. The van der Waals surface area contributed by atoms with E-state index in [1.807, 2.05) is 18.2 Å². The summed E-state index contributed by atoms with van der Waals surface area (Å²) >= 11 is 6.57. The fraction of sp³-hybridized carbons (Fsp3) is 0.500. The van der Waals surface area contributed by atoms with E-state index in [1.54, 1.807) is 4.90 Å². The summed E-state index contributed by atoms with van der Waals surface area (Å²) in [6, 6.07) is 5.51. The zero-order valence-electron chi connectivity index (χ0n) is 16.4. The molecule has 0 spiro atoms. The SMILES string of the molecule is COC(=O)C1=C(C(=O)OC)N(c2cccc(Cl)c2N2CCC(C)CC2)COC1. The lowest BCUT2D eigenvalue weighted by Crippen LogP contribution is -2.40. The number of nitrogens with zero attached hydrogens (tertiary/aromatic N) is 2. The number of hydrogen-bond donors (Lipinski definition) is 0. The highest BCUT2D eigenvalue weighted by Crippen LogP contribution is 2.41. The Morgan fingerprint density at radius 1 is 1.14 bits per heavy atom. The van der Waals surface area contributed by atoms with Gasteiger partial charge in [-0.15, -0.1) is 0 Å². The minimum Gasteiger partial charge on any atom is -0.466 e. The van der Waals surface area contributed by atoms with Crippen molar-refractivity contribution in [1.82, 2.24) is 0 Å². The summed E-state index contributed by atoms with van der Waals surface area (Å²) in [6.45, 7) is 4.05. The number of piperidine rings is 1. The molecule has 1 aromatic carbocycles. The van der Waals surface area contributed by atoms with Gasteiger partial charge in [-0.25, -0.2) is 9.59 Å². The molecule has 8 heteroatoms. The predicted octanol–water partition coefficient (Wildman–Crippen LogP) is 2.97. The van der Waals surface area contributed by atoms with Crippen molar-refractivity contribution in [3.05, 3.63) is 34.5 Å². The third-order valence-electron chi connectivity index (χ3n) is 5.19. The molecule has 0 aromatic heterocycles. The lowest BCUT2D eigenvalue weighted by atomic mass is 9.98. The van der Waals surface area contributed by atoms with Crippen molar-refractivity contribution >= 4 is 34.9 Å². The molecule has 1 aromatic rings. The minimum absolute atomic E-state index is 0.0231. The molecular formula is C20H25ClN2O5. The van der Waals surface area contributed by atoms with Crippen LogP contribution in [0.2, 0.25) is 5.02 Å². The van der Waals surface area contributed by atoms with E-state index in [2.05, 4.69) is 11.8 Å². The topological polar surface area (TPSA) is 68.3 Å². The minimum atomic E-state index is -0.625. The highest BCUT2D eigenvalue weighted by atomic mass is 35.5. The molecule has 2 aliphatic heterocycles. The summed E-state index contributed by atoms with van der Waals surface area (Å²) in [6.07, 6.45) is 2.13. The van der Waals surface area contributed by atoms with Crippen molar-refractivity contribution in [2.75, 3.05) is 50.4 Å². The normalized spacial score (nSPS) is 18.3. The number of hydrogen-bond acceptors (Lipinski definition) is 7. The first kappa shape index (κ1) is 20.5. The van der Waals surface area contributed by atoms with Crippen LogP contribution in [0.3, 0.4) is 0 Å². The highest BCUT2D eigenvalue weighted by molar-refractivity contribution is 6.34. The monoisotopic (exact) mass is 408 g/mol. The van der Waals surface area contributed by atoms with Crippen molar-refractivity contribution in [2.45, 2.75) is 19.8 Å². The zero-order valence-corrected chi connectivity index (χ0v) is 17.1. The van der Waals surface area contributed by atoms with E-state index in [4.69, 9.17) is 25.8 Å². The number of methoxy groups -OCH3 is 2. The number of carbonyl (C=O) groups excluding carboxylic acids is 2. The Bertz CT molecular complexity index is 787. The second kappa shape index (κ2) is 8.84. The first-order valence-electron chi connectivity index (χ1n) is 9.26. The molecule has 0 saturated carbocycles. The van der Waals surface area contributed by atoms with Gasteiger partial charge in [-0.1, -0.05) is 24.6 Å². The van der Waals surface area contributed by atoms with Crippen LogP contribution in [0.4, 0.5) is 11.4 Å². The van der Waals surface area contributed by atoms with Crippen molar-refractivity contribution in [3.63, 3.8) is 0 Å². The zero-order chi connectivity index (χ0) is 20.3. The van der Waals surface area contributed by atoms with Crippen molar-refractivity contribution < 1.29 is 23.8 Å². The van der Waals surface area contributed by atoms with Gasteiger partial charge in [0.1, 0.15) is 12.4 Å². The summed E-state index contributed by atoms with van der Waals surface area (Å²) in [7, 11) is 2.55. The van der Waals surface area contributed by atoms with Crippen molar-refractivity contribution in [1.29, 1.82) is 0 Å². The van der Waals surface area contributed by atoms with E-state index in [1.165, 1.54) is 14.2 Å². The average Bonchev–Trinajstić information content (AvgIpc) is 2.72. The molecule has 0 unspecified atom stereocenters. The van der Waals surface area contributed by atoms with E-state index in [-0.39, 0.29) is 24.6 Å². The summed E-state index contributed by atoms with van der Waals surface area (Å²) < 4.78 is 15.4. The highest BCUT2D eigenvalue weighted by Gasteiger charge is 2.34. The van der Waals surface area contributed by atoms with E-state index < -0.39 is 11.9 Å². The van der Waals surface area contributed by atoms with E-state index >= 15 is 0 Å².